The minimum absolute atomic E-state index is 0.120. The maximum absolute atomic E-state index is 12.3. The summed E-state index contributed by atoms with van der Waals surface area (Å²) < 4.78 is 1.78. The fraction of sp³-hybridized carbons (Fsp3) is 0.636. The molecule has 0 aromatic carbocycles. The lowest BCUT2D eigenvalue weighted by molar-refractivity contribution is 0.0794. The molecular formula is C11H17N3O. The van der Waals surface area contributed by atoms with E-state index in [0.29, 0.717) is 12.4 Å². The summed E-state index contributed by atoms with van der Waals surface area (Å²) in [5.74, 6) is 0.664. The molecule has 2 rings (SSSR count). The number of hydrogen-bond donors (Lipinski definition) is 1. The van der Waals surface area contributed by atoms with Gasteiger partial charge in [0, 0.05) is 31.4 Å². The van der Waals surface area contributed by atoms with Gasteiger partial charge in [-0.15, -0.1) is 0 Å². The molecule has 0 unspecified atom stereocenters. The normalized spacial score (nSPS) is 19.3. The topological polar surface area (TPSA) is 60.9 Å². The number of ketones is 1. The van der Waals surface area contributed by atoms with Gasteiger partial charge in [0.05, 0.1) is 0 Å². The molecule has 0 radical (unpaired) electrons. The van der Waals surface area contributed by atoms with Crippen molar-refractivity contribution in [1.82, 2.24) is 9.55 Å². The predicted molar refractivity (Wildman–Crippen MR) is 57.5 cm³/mol. The number of Topliss-reactive ketones (excluding diaryl/α,β-unsaturated/α-hetero) is 1. The summed E-state index contributed by atoms with van der Waals surface area (Å²) in [6.07, 6.45) is 7.49. The number of aryl methyl sites for hydroxylation is 1. The number of nitrogens with two attached hydrogens (primary N) is 1. The molecule has 1 fully saturated rings. The highest BCUT2D eigenvalue weighted by Crippen LogP contribution is 2.39. The lowest BCUT2D eigenvalue weighted by Crippen LogP contribution is -2.37. The first-order chi connectivity index (χ1) is 7.19. The maximum atomic E-state index is 12.3. The Balaban J connectivity index is 2.30. The second-order valence-electron chi connectivity index (χ2n) is 4.38. The molecule has 82 valence electrons. The summed E-state index contributed by atoms with van der Waals surface area (Å²) in [6, 6.07) is 0. The lowest BCUT2D eigenvalue weighted by Gasteiger charge is -2.24. The quantitative estimate of drug-likeness (QED) is 0.755. The second kappa shape index (κ2) is 3.77. The third-order valence-corrected chi connectivity index (χ3v) is 3.46. The highest BCUT2D eigenvalue weighted by Gasteiger charge is 2.41. The zero-order chi connectivity index (χ0) is 10.9. The largest absolute Gasteiger partial charge is 0.332 e. The van der Waals surface area contributed by atoms with E-state index in [4.69, 9.17) is 5.73 Å². The van der Waals surface area contributed by atoms with Crippen LogP contribution in [0.3, 0.4) is 0 Å². The molecule has 1 aromatic heterocycles. The summed E-state index contributed by atoms with van der Waals surface area (Å²) in [4.78, 5) is 16.4. The molecular weight excluding hydrogens is 190 g/mol. The van der Waals surface area contributed by atoms with Crippen LogP contribution in [0.2, 0.25) is 0 Å². The molecule has 0 aliphatic heterocycles. The highest BCUT2D eigenvalue weighted by atomic mass is 16.1. The van der Waals surface area contributed by atoms with E-state index in [1.807, 2.05) is 7.05 Å². The van der Waals surface area contributed by atoms with Crippen LogP contribution in [0.25, 0.3) is 0 Å². The first kappa shape index (κ1) is 10.4. The monoisotopic (exact) mass is 207 g/mol. The van der Waals surface area contributed by atoms with Crippen molar-refractivity contribution >= 4 is 5.78 Å². The Labute approximate surface area is 89.5 Å². The zero-order valence-electron chi connectivity index (χ0n) is 9.07. The fourth-order valence-electron chi connectivity index (χ4n) is 2.40. The molecule has 1 aliphatic carbocycles. The SMILES string of the molecule is Cn1ccnc1C(=O)C1(CN)CCCC1. The average molecular weight is 207 g/mol. The molecule has 1 saturated carbocycles. The van der Waals surface area contributed by atoms with Crippen LogP contribution in [0.4, 0.5) is 0 Å². The maximum Gasteiger partial charge on any atom is 0.205 e. The number of rotatable bonds is 3. The van der Waals surface area contributed by atoms with Gasteiger partial charge in [0.15, 0.2) is 5.82 Å². The number of carbonyl (C=O) groups is 1. The molecule has 0 saturated heterocycles. The molecule has 4 heteroatoms. The minimum atomic E-state index is -0.334. The lowest BCUT2D eigenvalue weighted by atomic mass is 9.81. The zero-order valence-corrected chi connectivity index (χ0v) is 9.07. The van der Waals surface area contributed by atoms with Gasteiger partial charge in [-0.2, -0.15) is 0 Å². The Hall–Kier alpha value is -1.16. The summed E-state index contributed by atoms with van der Waals surface area (Å²) in [6.45, 7) is 0.443. The van der Waals surface area contributed by atoms with E-state index >= 15 is 0 Å². The van der Waals surface area contributed by atoms with Crippen LogP contribution in [-0.4, -0.2) is 21.9 Å². The van der Waals surface area contributed by atoms with Crippen LogP contribution in [0.5, 0.6) is 0 Å². The van der Waals surface area contributed by atoms with Crippen molar-refractivity contribution in [2.75, 3.05) is 6.54 Å². The Morgan fingerprint density at radius 3 is 2.73 bits per heavy atom. The molecule has 0 amide bonds. The van der Waals surface area contributed by atoms with Crippen molar-refractivity contribution in [2.24, 2.45) is 18.2 Å². The van der Waals surface area contributed by atoms with E-state index in [0.717, 1.165) is 25.7 Å². The van der Waals surface area contributed by atoms with E-state index in [1.165, 1.54) is 0 Å². The van der Waals surface area contributed by atoms with Crippen molar-refractivity contribution in [3.63, 3.8) is 0 Å². The van der Waals surface area contributed by atoms with E-state index in [1.54, 1.807) is 17.0 Å². The molecule has 15 heavy (non-hydrogen) atoms. The molecule has 1 aliphatic rings. The van der Waals surface area contributed by atoms with Gasteiger partial charge in [0.2, 0.25) is 5.78 Å². The Morgan fingerprint density at radius 2 is 2.27 bits per heavy atom. The molecule has 0 atom stereocenters. The van der Waals surface area contributed by atoms with Crippen molar-refractivity contribution in [3.05, 3.63) is 18.2 Å². The van der Waals surface area contributed by atoms with Gasteiger partial charge in [0.1, 0.15) is 0 Å². The van der Waals surface area contributed by atoms with Gasteiger partial charge in [-0.25, -0.2) is 4.98 Å². The molecule has 1 aromatic rings. The van der Waals surface area contributed by atoms with Gasteiger partial charge in [-0.1, -0.05) is 12.8 Å². The number of imidazole rings is 1. The van der Waals surface area contributed by atoms with Gasteiger partial charge in [-0.3, -0.25) is 4.79 Å². The van der Waals surface area contributed by atoms with Crippen LogP contribution in [-0.2, 0) is 7.05 Å². The smallest absolute Gasteiger partial charge is 0.205 e. The standard InChI is InChI=1S/C11H17N3O/c1-14-7-6-13-10(14)9(15)11(8-12)4-2-3-5-11/h6-7H,2-5,8,12H2,1H3. The Kier molecular flexibility index (Phi) is 2.61. The Morgan fingerprint density at radius 1 is 1.60 bits per heavy atom. The van der Waals surface area contributed by atoms with Crippen LogP contribution in [0.1, 0.15) is 36.3 Å². The summed E-state index contributed by atoms with van der Waals surface area (Å²) >= 11 is 0. The fourth-order valence-corrected chi connectivity index (χ4v) is 2.40. The molecule has 4 nitrogen and oxygen atoms in total. The highest BCUT2D eigenvalue weighted by molar-refractivity contribution is 5.98. The molecule has 0 bridgehead atoms. The summed E-state index contributed by atoms with van der Waals surface area (Å²) in [5.41, 5.74) is 5.43. The van der Waals surface area contributed by atoms with Gasteiger partial charge in [-0.05, 0) is 12.8 Å². The minimum Gasteiger partial charge on any atom is -0.332 e. The van der Waals surface area contributed by atoms with Crippen molar-refractivity contribution in [1.29, 1.82) is 0 Å². The van der Waals surface area contributed by atoms with Crippen LogP contribution < -0.4 is 5.73 Å². The number of carbonyl (C=O) groups excluding carboxylic acids is 1. The predicted octanol–water partition coefficient (Wildman–Crippen LogP) is 1.12. The van der Waals surface area contributed by atoms with E-state index in [2.05, 4.69) is 4.98 Å². The second-order valence-corrected chi connectivity index (χ2v) is 4.38. The van der Waals surface area contributed by atoms with Crippen molar-refractivity contribution in [3.8, 4) is 0 Å². The third-order valence-electron chi connectivity index (χ3n) is 3.46. The number of aromatic nitrogens is 2. The molecule has 2 N–H and O–H groups in total. The van der Waals surface area contributed by atoms with Crippen LogP contribution in [0.15, 0.2) is 12.4 Å². The first-order valence-corrected chi connectivity index (χ1v) is 5.42. The van der Waals surface area contributed by atoms with Crippen molar-refractivity contribution < 1.29 is 4.79 Å². The first-order valence-electron chi connectivity index (χ1n) is 5.42. The van der Waals surface area contributed by atoms with Crippen LogP contribution in [0, 0.1) is 5.41 Å². The van der Waals surface area contributed by atoms with Gasteiger partial charge < -0.3 is 10.3 Å². The van der Waals surface area contributed by atoms with E-state index in [-0.39, 0.29) is 11.2 Å². The van der Waals surface area contributed by atoms with Gasteiger partial charge >= 0.3 is 0 Å². The molecule has 0 spiro atoms. The van der Waals surface area contributed by atoms with E-state index in [9.17, 15) is 4.79 Å². The average Bonchev–Trinajstić information content (AvgIpc) is 2.86. The van der Waals surface area contributed by atoms with Crippen LogP contribution >= 0.6 is 0 Å². The summed E-state index contributed by atoms with van der Waals surface area (Å²) in [5, 5.41) is 0. The number of hydrogen-bond acceptors (Lipinski definition) is 3. The molecule has 1 heterocycles. The Bertz CT molecular complexity index is 364. The van der Waals surface area contributed by atoms with E-state index < -0.39 is 0 Å². The van der Waals surface area contributed by atoms with Gasteiger partial charge in [0.25, 0.3) is 0 Å². The summed E-state index contributed by atoms with van der Waals surface area (Å²) in [7, 11) is 1.85. The van der Waals surface area contributed by atoms with Crippen molar-refractivity contribution in [2.45, 2.75) is 25.7 Å². The number of nitrogens with zero attached hydrogens (tertiary/aromatic N) is 2. The third kappa shape index (κ3) is 1.59.